The number of hydrogen-bond acceptors (Lipinski definition) is 2. The standard InChI is InChI=1S/C17H17Cl2NOS/c1-12-4-2-3-5-14(12)10-22-11-17(21)20-9-13-6-7-15(18)8-16(13)19/h2-8H,9-11H2,1H3,(H,20,21). The van der Waals surface area contributed by atoms with Crippen LogP contribution in [0.3, 0.4) is 0 Å². The van der Waals surface area contributed by atoms with Gasteiger partial charge in [-0.3, -0.25) is 4.79 Å². The number of carbonyl (C=O) groups excluding carboxylic acids is 1. The van der Waals surface area contributed by atoms with Crippen molar-refractivity contribution in [2.75, 3.05) is 5.75 Å². The Morgan fingerprint density at radius 2 is 1.91 bits per heavy atom. The quantitative estimate of drug-likeness (QED) is 0.803. The second-order valence-corrected chi connectivity index (χ2v) is 6.76. The summed E-state index contributed by atoms with van der Waals surface area (Å²) in [6.07, 6.45) is 0. The average molecular weight is 354 g/mol. The van der Waals surface area contributed by atoms with Crippen LogP contribution in [0.25, 0.3) is 0 Å². The molecule has 0 saturated heterocycles. The van der Waals surface area contributed by atoms with Gasteiger partial charge in [0.15, 0.2) is 0 Å². The molecule has 0 aromatic heterocycles. The molecule has 0 fully saturated rings. The third kappa shape index (κ3) is 5.24. The second kappa shape index (κ2) is 8.47. The van der Waals surface area contributed by atoms with Crippen LogP contribution >= 0.6 is 35.0 Å². The lowest BCUT2D eigenvalue weighted by molar-refractivity contribution is -0.118. The van der Waals surface area contributed by atoms with Crippen molar-refractivity contribution in [1.29, 1.82) is 0 Å². The highest BCUT2D eigenvalue weighted by Crippen LogP contribution is 2.21. The lowest BCUT2D eigenvalue weighted by atomic mass is 10.1. The Kier molecular flexibility index (Phi) is 6.62. The zero-order chi connectivity index (χ0) is 15.9. The molecule has 2 nitrogen and oxygen atoms in total. The molecule has 0 heterocycles. The van der Waals surface area contributed by atoms with E-state index in [1.54, 1.807) is 23.9 Å². The van der Waals surface area contributed by atoms with E-state index in [4.69, 9.17) is 23.2 Å². The zero-order valence-corrected chi connectivity index (χ0v) is 14.6. The van der Waals surface area contributed by atoms with Crippen LogP contribution in [-0.4, -0.2) is 11.7 Å². The van der Waals surface area contributed by atoms with Crippen molar-refractivity contribution in [3.63, 3.8) is 0 Å². The highest BCUT2D eigenvalue weighted by atomic mass is 35.5. The fraction of sp³-hybridized carbons (Fsp3) is 0.235. The van der Waals surface area contributed by atoms with Gasteiger partial charge in [0.05, 0.1) is 5.75 Å². The van der Waals surface area contributed by atoms with E-state index in [1.807, 2.05) is 18.2 Å². The van der Waals surface area contributed by atoms with Crippen LogP contribution in [0.2, 0.25) is 10.0 Å². The van der Waals surface area contributed by atoms with Gasteiger partial charge in [-0.25, -0.2) is 0 Å². The molecule has 0 radical (unpaired) electrons. The first kappa shape index (κ1) is 17.2. The highest BCUT2D eigenvalue weighted by Gasteiger charge is 2.06. The molecule has 116 valence electrons. The van der Waals surface area contributed by atoms with E-state index in [0.717, 1.165) is 11.3 Å². The molecule has 1 amide bonds. The van der Waals surface area contributed by atoms with E-state index in [1.165, 1.54) is 11.1 Å². The number of halogens is 2. The van der Waals surface area contributed by atoms with E-state index in [9.17, 15) is 4.79 Å². The normalized spacial score (nSPS) is 10.5. The molecule has 0 aliphatic heterocycles. The van der Waals surface area contributed by atoms with Gasteiger partial charge in [0.25, 0.3) is 0 Å². The third-order valence-electron chi connectivity index (χ3n) is 3.24. The van der Waals surface area contributed by atoms with Gasteiger partial charge in [-0.1, -0.05) is 53.5 Å². The van der Waals surface area contributed by atoms with Crippen LogP contribution in [0.4, 0.5) is 0 Å². The van der Waals surface area contributed by atoms with Crippen molar-refractivity contribution in [1.82, 2.24) is 5.32 Å². The number of carbonyl (C=O) groups is 1. The Morgan fingerprint density at radius 1 is 1.14 bits per heavy atom. The van der Waals surface area contributed by atoms with Crippen LogP contribution in [0.15, 0.2) is 42.5 Å². The number of aryl methyl sites for hydroxylation is 1. The fourth-order valence-corrected chi connectivity index (χ4v) is 3.34. The largest absolute Gasteiger partial charge is 0.351 e. The maximum Gasteiger partial charge on any atom is 0.230 e. The van der Waals surface area contributed by atoms with E-state index in [-0.39, 0.29) is 5.91 Å². The molecule has 22 heavy (non-hydrogen) atoms. The molecule has 0 saturated carbocycles. The smallest absolute Gasteiger partial charge is 0.230 e. The minimum Gasteiger partial charge on any atom is -0.351 e. The van der Waals surface area contributed by atoms with Crippen LogP contribution in [0.1, 0.15) is 16.7 Å². The average Bonchev–Trinajstić information content (AvgIpc) is 2.48. The predicted octanol–water partition coefficient (Wildman–Crippen LogP) is 4.85. The Morgan fingerprint density at radius 3 is 2.64 bits per heavy atom. The van der Waals surface area contributed by atoms with Crippen molar-refractivity contribution < 1.29 is 4.79 Å². The van der Waals surface area contributed by atoms with Crippen molar-refractivity contribution in [2.24, 2.45) is 0 Å². The molecule has 0 atom stereocenters. The first-order valence-electron chi connectivity index (χ1n) is 6.89. The topological polar surface area (TPSA) is 29.1 Å². The van der Waals surface area contributed by atoms with E-state index in [2.05, 4.69) is 24.4 Å². The SMILES string of the molecule is Cc1ccccc1CSCC(=O)NCc1ccc(Cl)cc1Cl. The second-order valence-electron chi connectivity index (χ2n) is 4.93. The molecule has 1 N–H and O–H groups in total. The van der Waals surface area contributed by atoms with E-state index >= 15 is 0 Å². The van der Waals surface area contributed by atoms with Crippen LogP contribution in [-0.2, 0) is 17.1 Å². The Labute approximate surface area is 145 Å². The summed E-state index contributed by atoms with van der Waals surface area (Å²) in [6, 6.07) is 13.5. The van der Waals surface area contributed by atoms with Crippen LogP contribution in [0, 0.1) is 6.92 Å². The maximum absolute atomic E-state index is 11.9. The maximum atomic E-state index is 11.9. The Hall–Kier alpha value is -1.16. The molecule has 0 unspecified atom stereocenters. The minimum absolute atomic E-state index is 0.00426. The van der Waals surface area contributed by atoms with Gasteiger partial charge in [-0.05, 0) is 35.7 Å². The van der Waals surface area contributed by atoms with Gasteiger partial charge in [-0.15, -0.1) is 11.8 Å². The number of amides is 1. The summed E-state index contributed by atoms with van der Waals surface area (Å²) in [5.74, 6) is 1.27. The summed E-state index contributed by atoms with van der Waals surface area (Å²) in [5, 5.41) is 4.03. The number of hydrogen-bond donors (Lipinski definition) is 1. The van der Waals surface area contributed by atoms with Gasteiger partial charge in [-0.2, -0.15) is 0 Å². The molecule has 0 spiro atoms. The molecule has 0 aliphatic carbocycles. The summed E-state index contributed by atoms with van der Waals surface area (Å²) < 4.78 is 0. The zero-order valence-electron chi connectivity index (χ0n) is 12.2. The Bertz CT molecular complexity index is 661. The fourth-order valence-electron chi connectivity index (χ4n) is 1.94. The first-order chi connectivity index (χ1) is 10.6. The van der Waals surface area contributed by atoms with Gasteiger partial charge >= 0.3 is 0 Å². The molecule has 5 heteroatoms. The van der Waals surface area contributed by atoms with Crippen molar-refractivity contribution in [3.05, 3.63) is 69.2 Å². The predicted molar refractivity (Wildman–Crippen MR) is 95.6 cm³/mol. The van der Waals surface area contributed by atoms with Gasteiger partial charge in [0.1, 0.15) is 0 Å². The number of benzene rings is 2. The van der Waals surface area contributed by atoms with E-state index in [0.29, 0.717) is 22.3 Å². The van der Waals surface area contributed by atoms with Crippen molar-refractivity contribution in [2.45, 2.75) is 19.2 Å². The lowest BCUT2D eigenvalue weighted by Crippen LogP contribution is -2.24. The highest BCUT2D eigenvalue weighted by molar-refractivity contribution is 7.99. The first-order valence-corrected chi connectivity index (χ1v) is 8.80. The van der Waals surface area contributed by atoms with Gasteiger partial charge in [0.2, 0.25) is 5.91 Å². The summed E-state index contributed by atoms with van der Waals surface area (Å²) >= 11 is 13.5. The molecule has 2 aromatic rings. The molecule has 0 aliphatic rings. The lowest BCUT2D eigenvalue weighted by Gasteiger charge is -2.08. The molecular weight excluding hydrogens is 337 g/mol. The van der Waals surface area contributed by atoms with E-state index < -0.39 is 0 Å². The van der Waals surface area contributed by atoms with Crippen molar-refractivity contribution in [3.8, 4) is 0 Å². The van der Waals surface area contributed by atoms with Crippen LogP contribution < -0.4 is 5.32 Å². The Balaban J connectivity index is 1.75. The van der Waals surface area contributed by atoms with Gasteiger partial charge in [0, 0.05) is 22.3 Å². The molecule has 2 aromatic carbocycles. The molecular formula is C17H17Cl2NOS. The van der Waals surface area contributed by atoms with Crippen LogP contribution in [0.5, 0.6) is 0 Å². The third-order valence-corrected chi connectivity index (χ3v) is 4.81. The number of nitrogens with one attached hydrogen (secondary N) is 1. The number of rotatable bonds is 6. The molecule has 0 bridgehead atoms. The summed E-state index contributed by atoms with van der Waals surface area (Å²) in [5.41, 5.74) is 3.38. The molecule has 2 rings (SSSR count). The number of thioether (sulfide) groups is 1. The monoisotopic (exact) mass is 353 g/mol. The minimum atomic E-state index is 0.00426. The summed E-state index contributed by atoms with van der Waals surface area (Å²) in [6.45, 7) is 2.50. The van der Waals surface area contributed by atoms with Gasteiger partial charge < -0.3 is 5.32 Å². The summed E-state index contributed by atoms with van der Waals surface area (Å²) in [4.78, 5) is 11.9. The van der Waals surface area contributed by atoms with Crippen molar-refractivity contribution >= 4 is 40.9 Å². The summed E-state index contributed by atoms with van der Waals surface area (Å²) in [7, 11) is 0.